The van der Waals surface area contributed by atoms with Gasteiger partial charge in [0.2, 0.25) is 0 Å². The summed E-state index contributed by atoms with van der Waals surface area (Å²) in [6.07, 6.45) is 9.33. The van der Waals surface area contributed by atoms with Crippen LogP contribution in [0.1, 0.15) is 89.7 Å². The Morgan fingerprint density at radius 2 is 1.72 bits per heavy atom. The van der Waals surface area contributed by atoms with E-state index in [1.165, 1.54) is 56.3 Å². The second-order valence-corrected chi connectivity index (χ2v) is 12.1. The quantitative estimate of drug-likeness (QED) is 0.351. The third-order valence-electron chi connectivity index (χ3n) is 9.25. The first-order chi connectivity index (χ1) is 18.9. The Kier molecular flexibility index (Phi) is 7.20. The van der Waals surface area contributed by atoms with E-state index < -0.39 is 0 Å². The van der Waals surface area contributed by atoms with E-state index >= 15 is 0 Å². The van der Waals surface area contributed by atoms with Crippen LogP contribution in [0.3, 0.4) is 0 Å². The molecule has 0 atom stereocenters. The molecule has 3 aromatic rings. The lowest BCUT2D eigenvalue weighted by Gasteiger charge is -2.26. The maximum atomic E-state index is 13.6. The molecule has 3 heterocycles. The summed E-state index contributed by atoms with van der Waals surface area (Å²) in [6, 6.07) is 15.0. The minimum atomic E-state index is -0.0853. The fourth-order valence-electron chi connectivity index (χ4n) is 7.05. The van der Waals surface area contributed by atoms with Gasteiger partial charge in [-0.15, -0.1) is 0 Å². The van der Waals surface area contributed by atoms with E-state index in [2.05, 4.69) is 40.2 Å². The van der Waals surface area contributed by atoms with Crippen LogP contribution >= 0.6 is 0 Å². The molecule has 0 bridgehead atoms. The Bertz CT molecular complexity index is 1420. The van der Waals surface area contributed by atoms with Crippen LogP contribution in [0.5, 0.6) is 5.75 Å². The highest BCUT2D eigenvalue weighted by Gasteiger charge is 2.44. The summed E-state index contributed by atoms with van der Waals surface area (Å²) in [4.78, 5) is 31.6. The summed E-state index contributed by atoms with van der Waals surface area (Å²) in [5, 5.41) is 0. The van der Waals surface area contributed by atoms with Crippen molar-refractivity contribution in [2.45, 2.75) is 83.6 Å². The summed E-state index contributed by atoms with van der Waals surface area (Å²) in [5.41, 5.74) is 7.84. The molecule has 1 aliphatic carbocycles. The second kappa shape index (κ2) is 10.8. The van der Waals surface area contributed by atoms with Crippen LogP contribution in [0, 0.1) is 13.8 Å². The number of ketones is 1. The number of nitrogens with one attached hydrogen (secondary N) is 1. The topological polar surface area (TPSA) is 62.4 Å². The molecular formula is C34H40N2O3. The number of carbonyl (C=O) groups excluding carboxylic acids is 1. The van der Waals surface area contributed by atoms with Crippen molar-refractivity contribution in [3.8, 4) is 16.9 Å². The average molecular weight is 525 g/mol. The number of ether oxygens (including phenoxy) is 1. The van der Waals surface area contributed by atoms with E-state index in [0.717, 1.165) is 53.1 Å². The Hall–Kier alpha value is -3.18. The number of H-pyrrole nitrogens is 1. The first-order valence-electron chi connectivity index (χ1n) is 14.8. The van der Waals surface area contributed by atoms with Crippen molar-refractivity contribution in [3.63, 3.8) is 0 Å². The summed E-state index contributed by atoms with van der Waals surface area (Å²) < 4.78 is 6.42. The van der Waals surface area contributed by atoms with Gasteiger partial charge in [-0.05, 0) is 93.9 Å². The van der Waals surface area contributed by atoms with E-state index in [-0.39, 0.29) is 16.8 Å². The molecule has 6 rings (SSSR count). The SMILES string of the molecule is Cc1cc(C)c(CCC(=O)c2cc(-c3ccc(CN4CCCCC4)cc3)c3c(c2)C2(CCCC2)CO3)c(=O)[nH]1. The van der Waals surface area contributed by atoms with Gasteiger partial charge in [0.15, 0.2) is 5.78 Å². The highest BCUT2D eigenvalue weighted by atomic mass is 16.5. The van der Waals surface area contributed by atoms with Crippen LogP contribution < -0.4 is 10.3 Å². The van der Waals surface area contributed by atoms with Crippen molar-refractivity contribution in [2.75, 3.05) is 19.7 Å². The summed E-state index contributed by atoms with van der Waals surface area (Å²) in [6.45, 7) is 7.90. The third kappa shape index (κ3) is 5.21. The Morgan fingerprint density at radius 1 is 0.974 bits per heavy atom. The van der Waals surface area contributed by atoms with E-state index in [1.807, 2.05) is 26.0 Å². The van der Waals surface area contributed by atoms with Crippen LogP contribution in [0.25, 0.3) is 11.1 Å². The number of benzene rings is 2. The maximum absolute atomic E-state index is 13.6. The Morgan fingerprint density at radius 3 is 2.44 bits per heavy atom. The molecule has 0 radical (unpaired) electrons. The number of piperidine rings is 1. The third-order valence-corrected chi connectivity index (χ3v) is 9.25. The molecule has 1 aromatic heterocycles. The molecule has 3 aliphatic rings. The van der Waals surface area contributed by atoms with Crippen molar-refractivity contribution in [1.82, 2.24) is 9.88 Å². The van der Waals surface area contributed by atoms with Crippen LogP contribution in [-0.4, -0.2) is 35.4 Å². The van der Waals surface area contributed by atoms with Gasteiger partial charge in [0, 0.05) is 46.3 Å². The van der Waals surface area contributed by atoms with Crippen LogP contribution in [0.2, 0.25) is 0 Å². The van der Waals surface area contributed by atoms with Gasteiger partial charge in [-0.3, -0.25) is 14.5 Å². The zero-order chi connectivity index (χ0) is 27.0. The number of aromatic amines is 1. The van der Waals surface area contributed by atoms with E-state index in [0.29, 0.717) is 25.0 Å². The van der Waals surface area contributed by atoms with Crippen molar-refractivity contribution in [3.05, 3.63) is 86.3 Å². The number of aromatic nitrogens is 1. The number of hydrogen-bond acceptors (Lipinski definition) is 4. The lowest BCUT2D eigenvalue weighted by Crippen LogP contribution is -2.28. The number of aryl methyl sites for hydroxylation is 2. The number of nitrogens with zero attached hydrogens (tertiary/aromatic N) is 1. The van der Waals surface area contributed by atoms with Gasteiger partial charge in [-0.25, -0.2) is 0 Å². The number of carbonyl (C=O) groups is 1. The zero-order valence-corrected chi connectivity index (χ0v) is 23.4. The van der Waals surface area contributed by atoms with Crippen molar-refractivity contribution < 1.29 is 9.53 Å². The number of pyridine rings is 1. The molecular weight excluding hydrogens is 484 g/mol. The molecule has 1 spiro atoms. The average Bonchev–Trinajstić information content (AvgIpc) is 3.56. The van der Waals surface area contributed by atoms with Crippen molar-refractivity contribution in [1.29, 1.82) is 0 Å². The second-order valence-electron chi connectivity index (χ2n) is 12.1. The van der Waals surface area contributed by atoms with E-state index in [4.69, 9.17) is 4.74 Å². The number of fused-ring (bicyclic) bond motifs is 2. The van der Waals surface area contributed by atoms with Crippen LogP contribution in [0.15, 0.2) is 47.3 Å². The fraction of sp³-hybridized carbons (Fsp3) is 0.471. The molecule has 204 valence electrons. The first-order valence-corrected chi connectivity index (χ1v) is 14.8. The summed E-state index contributed by atoms with van der Waals surface area (Å²) in [7, 11) is 0. The zero-order valence-electron chi connectivity index (χ0n) is 23.4. The van der Waals surface area contributed by atoms with Crippen molar-refractivity contribution in [2.24, 2.45) is 0 Å². The molecule has 0 amide bonds. The largest absolute Gasteiger partial charge is 0.492 e. The minimum absolute atomic E-state index is 0.0271. The molecule has 1 saturated carbocycles. The molecule has 2 fully saturated rings. The number of likely N-dealkylation sites (tertiary alicyclic amines) is 1. The predicted octanol–water partition coefficient (Wildman–Crippen LogP) is 6.66. The lowest BCUT2D eigenvalue weighted by molar-refractivity contribution is 0.0982. The fourth-order valence-corrected chi connectivity index (χ4v) is 7.05. The van der Waals surface area contributed by atoms with Gasteiger partial charge in [-0.2, -0.15) is 0 Å². The molecule has 5 nitrogen and oxygen atoms in total. The normalized spacial score (nSPS) is 18.3. The Labute approximate surface area is 231 Å². The molecule has 0 unspecified atom stereocenters. The minimum Gasteiger partial charge on any atom is -0.492 e. The summed E-state index contributed by atoms with van der Waals surface area (Å²) in [5.74, 6) is 1.04. The molecule has 1 N–H and O–H groups in total. The highest BCUT2D eigenvalue weighted by Crippen LogP contribution is 2.52. The predicted molar refractivity (Wildman–Crippen MR) is 156 cm³/mol. The molecule has 39 heavy (non-hydrogen) atoms. The highest BCUT2D eigenvalue weighted by molar-refractivity contribution is 5.98. The smallest absolute Gasteiger partial charge is 0.251 e. The number of rotatable bonds is 7. The molecule has 5 heteroatoms. The molecule has 1 saturated heterocycles. The van der Waals surface area contributed by atoms with Gasteiger partial charge in [-0.1, -0.05) is 43.5 Å². The van der Waals surface area contributed by atoms with Gasteiger partial charge < -0.3 is 9.72 Å². The van der Waals surface area contributed by atoms with Gasteiger partial charge in [0.05, 0.1) is 6.61 Å². The van der Waals surface area contributed by atoms with Crippen LogP contribution in [-0.2, 0) is 18.4 Å². The van der Waals surface area contributed by atoms with Gasteiger partial charge in [0.1, 0.15) is 5.75 Å². The van der Waals surface area contributed by atoms with Crippen LogP contribution in [0.4, 0.5) is 0 Å². The molecule has 2 aliphatic heterocycles. The first kappa shape index (κ1) is 26.1. The van der Waals surface area contributed by atoms with E-state index in [9.17, 15) is 9.59 Å². The van der Waals surface area contributed by atoms with Gasteiger partial charge in [0.25, 0.3) is 5.56 Å². The Balaban J connectivity index is 1.30. The lowest BCUT2D eigenvalue weighted by atomic mass is 9.78. The number of hydrogen-bond donors (Lipinski definition) is 1. The summed E-state index contributed by atoms with van der Waals surface area (Å²) >= 11 is 0. The number of Topliss-reactive ketones (excluding diaryl/α,β-unsaturated/α-hetero) is 1. The maximum Gasteiger partial charge on any atom is 0.251 e. The standard InChI is InChI=1S/C34H40N2O3/c1-23-18-24(2)35-33(38)28(23)12-13-31(37)27-19-29(32-30(20-27)34(22-39-32)14-4-5-15-34)26-10-8-25(9-11-26)21-36-16-6-3-7-17-36/h8-11,18-20H,3-7,12-17,21-22H2,1-2H3,(H,35,38). The van der Waals surface area contributed by atoms with Crippen molar-refractivity contribution >= 4 is 5.78 Å². The van der Waals surface area contributed by atoms with Gasteiger partial charge >= 0.3 is 0 Å². The molecule has 2 aromatic carbocycles. The van der Waals surface area contributed by atoms with E-state index in [1.54, 1.807) is 0 Å². The monoisotopic (exact) mass is 524 g/mol.